The predicted octanol–water partition coefficient (Wildman–Crippen LogP) is 4.20. The molecule has 0 unspecified atom stereocenters. The van der Waals surface area contributed by atoms with Crippen molar-refractivity contribution in [3.05, 3.63) is 69.8 Å². The summed E-state index contributed by atoms with van der Waals surface area (Å²) < 4.78 is 21.8. The fraction of sp³-hybridized carbons (Fsp3) is 0.364. The summed E-state index contributed by atoms with van der Waals surface area (Å²) in [7, 11) is 0. The number of nitroso groups, excluding NO2 is 1. The molecule has 2 heterocycles. The first-order valence-electron chi connectivity index (χ1n) is 9.75. The number of ether oxygens (including phenoxy) is 1. The van der Waals surface area contributed by atoms with Crippen molar-refractivity contribution in [3.8, 4) is 5.75 Å². The SMILES string of the molecule is CCc1cccc(F)c1COc1cccn2c(C(=O)NC(C)(C)CN=O)c(C)nc12. The third-order valence-corrected chi connectivity index (χ3v) is 4.88. The van der Waals surface area contributed by atoms with E-state index >= 15 is 0 Å². The van der Waals surface area contributed by atoms with Crippen LogP contribution in [0.5, 0.6) is 5.75 Å². The lowest BCUT2D eigenvalue weighted by atomic mass is 10.1. The Labute approximate surface area is 174 Å². The van der Waals surface area contributed by atoms with Crippen LogP contribution in [0.1, 0.15) is 48.1 Å². The minimum absolute atomic E-state index is 0.0503. The molecule has 2 aromatic heterocycles. The molecule has 3 rings (SSSR count). The Morgan fingerprint density at radius 3 is 2.77 bits per heavy atom. The number of rotatable bonds is 8. The van der Waals surface area contributed by atoms with Crippen LogP contribution >= 0.6 is 0 Å². The first-order chi connectivity index (χ1) is 14.3. The largest absolute Gasteiger partial charge is 0.485 e. The lowest BCUT2D eigenvalue weighted by Crippen LogP contribution is -2.46. The van der Waals surface area contributed by atoms with Crippen LogP contribution in [0.2, 0.25) is 0 Å². The van der Waals surface area contributed by atoms with E-state index in [1.807, 2.05) is 13.0 Å². The van der Waals surface area contributed by atoms with Gasteiger partial charge in [0.2, 0.25) is 0 Å². The predicted molar refractivity (Wildman–Crippen MR) is 112 cm³/mol. The molecule has 158 valence electrons. The lowest BCUT2D eigenvalue weighted by Gasteiger charge is -2.22. The molecule has 7 nitrogen and oxygen atoms in total. The van der Waals surface area contributed by atoms with Gasteiger partial charge in [-0.1, -0.05) is 24.2 Å². The van der Waals surface area contributed by atoms with Gasteiger partial charge in [-0.05, 0) is 51.0 Å². The van der Waals surface area contributed by atoms with Gasteiger partial charge in [0.05, 0.1) is 11.2 Å². The van der Waals surface area contributed by atoms with Gasteiger partial charge in [-0.25, -0.2) is 9.37 Å². The van der Waals surface area contributed by atoms with Crippen molar-refractivity contribution in [1.82, 2.24) is 14.7 Å². The van der Waals surface area contributed by atoms with Crippen molar-refractivity contribution >= 4 is 11.6 Å². The normalized spacial score (nSPS) is 11.5. The molecule has 1 aromatic carbocycles. The van der Waals surface area contributed by atoms with Crippen LogP contribution < -0.4 is 10.1 Å². The van der Waals surface area contributed by atoms with Crippen molar-refractivity contribution in [2.75, 3.05) is 6.54 Å². The maximum atomic E-state index is 14.3. The summed E-state index contributed by atoms with van der Waals surface area (Å²) in [4.78, 5) is 27.9. The van der Waals surface area contributed by atoms with Gasteiger partial charge < -0.3 is 10.1 Å². The van der Waals surface area contributed by atoms with Gasteiger partial charge in [0.1, 0.15) is 24.7 Å². The van der Waals surface area contributed by atoms with Crippen molar-refractivity contribution in [3.63, 3.8) is 0 Å². The number of aromatic nitrogens is 2. The van der Waals surface area contributed by atoms with E-state index in [2.05, 4.69) is 15.5 Å². The van der Waals surface area contributed by atoms with E-state index in [4.69, 9.17) is 4.74 Å². The second-order valence-corrected chi connectivity index (χ2v) is 7.76. The average molecular weight is 412 g/mol. The molecule has 0 spiro atoms. The Kier molecular flexibility index (Phi) is 6.14. The fourth-order valence-corrected chi connectivity index (χ4v) is 3.36. The molecule has 0 saturated carbocycles. The van der Waals surface area contributed by atoms with Crippen LogP contribution in [0.25, 0.3) is 5.65 Å². The van der Waals surface area contributed by atoms with E-state index in [1.54, 1.807) is 49.6 Å². The van der Waals surface area contributed by atoms with Crippen molar-refractivity contribution < 1.29 is 13.9 Å². The molecule has 0 aliphatic heterocycles. The highest BCUT2D eigenvalue weighted by Gasteiger charge is 2.26. The van der Waals surface area contributed by atoms with Gasteiger partial charge in [0, 0.05) is 11.8 Å². The number of halogens is 1. The number of pyridine rings is 1. The van der Waals surface area contributed by atoms with E-state index in [0.29, 0.717) is 34.8 Å². The Morgan fingerprint density at radius 1 is 1.30 bits per heavy atom. The Bertz CT molecular complexity index is 1090. The molecule has 1 N–H and O–H groups in total. The van der Waals surface area contributed by atoms with Crippen LogP contribution in [0, 0.1) is 17.6 Å². The number of benzene rings is 1. The number of hydrogen-bond donors (Lipinski definition) is 1. The van der Waals surface area contributed by atoms with Crippen molar-refractivity contribution in [2.24, 2.45) is 5.18 Å². The minimum Gasteiger partial charge on any atom is -0.485 e. The Morgan fingerprint density at radius 2 is 2.07 bits per heavy atom. The lowest BCUT2D eigenvalue weighted by molar-refractivity contribution is 0.0909. The zero-order valence-electron chi connectivity index (χ0n) is 17.5. The minimum atomic E-state index is -0.787. The van der Waals surface area contributed by atoms with Gasteiger partial charge in [-0.2, -0.15) is 4.91 Å². The maximum Gasteiger partial charge on any atom is 0.270 e. The number of carbonyl (C=O) groups excluding carboxylic acids is 1. The maximum absolute atomic E-state index is 14.3. The second-order valence-electron chi connectivity index (χ2n) is 7.76. The summed E-state index contributed by atoms with van der Waals surface area (Å²) in [5.41, 5.74) is 1.91. The van der Waals surface area contributed by atoms with E-state index in [1.165, 1.54) is 6.07 Å². The molecule has 0 aliphatic carbocycles. The molecule has 0 fully saturated rings. The fourth-order valence-electron chi connectivity index (χ4n) is 3.36. The standard InChI is InChI=1S/C22H25FN4O3/c1-5-15-8-6-9-17(23)16(15)12-30-18-10-7-11-27-19(14(2)25-20(18)27)21(28)26-22(3,4)13-24-29/h6-11H,5,12-13H2,1-4H3,(H,26,28). The Balaban J connectivity index is 1.92. The highest BCUT2D eigenvalue weighted by molar-refractivity contribution is 5.95. The summed E-state index contributed by atoms with van der Waals surface area (Å²) in [5, 5.41) is 5.69. The smallest absolute Gasteiger partial charge is 0.270 e. The van der Waals surface area contributed by atoms with Crippen LogP contribution in [0.15, 0.2) is 41.7 Å². The summed E-state index contributed by atoms with van der Waals surface area (Å²) in [6.07, 6.45) is 2.40. The quantitative estimate of drug-likeness (QED) is 0.562. The summed E-state index contributed by atoms with van der Waals surface area (Å²) in [6.45, 7) is 7.14. The van der Waals surface area contributed by atoms with Gasteiger partial charge in [0.25, 0.3) is 5.91 Å². The number of imidazole rings is 1. The number of nitrogens with one attached hydrogen (secondary N) is 1. The Hall–Kier alpha value is -3.29. The van der Waals surface area contributed by atoms with Gasteiger partial charge >= 0.3 is 0 Å². The molecule has 0 radical (unpaired) electrons. The molecule has 0 saturated heterocycles. The zero-order valence-corrected chi connectivity index (χ0v) is 17.5. The van der Waals surface area contributed by atoms with Crippen LogP contribution in [-0.4, -0.2) is 27.4 Å². The van der Waals surface area contributed by atoms with E-state index in [9.17, 15) is 14.1 Å². The average Bonchev–Trinajstić information content (AvgIpc) is 3.02. The molecule has 3 aromatic rings. The first kappa shape index (κ1) is 21.4. The van der Waals surface area contributed by atoms with Gasteiger partial charge in [-0.3, -0.25) is 9.20 Å². The van der Waals surface area contributed by atoms with Gasteiger partial charge in [-0.15, -0.1) is 0 Å². The number of carbonyl (C=O) groups is 1. The number of hydrogen-bond acceptors (Lipinski definition) is 5. The third kappa shape index (κ3) is 4.32. The highest BCUT2D eigenvalue weighted by atomic mass is 19.1. The van der Waals surface area contributed by atoms with E-state index in [0.717, 1.165) is 5.56 Å². The third-order valence-electron chi connectivity index (χ3n) is 4.88. The number of fused-ring (bicyclic) bond motifs is 1. The number of amides is 1. The molecular weight excluding hydrogens is 387 g/mol. The molecule has 0 aliphatic rings. The molecular formula is C22H25FN4O3. The summed E-state index contributed by atoms with van der Waals surface area (Å²) in [6, 6.07) is 8.44. The van der Waals surface area contributed by atoms with Crippen LogP contribution in [0.4, 0.5) is 4.39 Å². The van der Waals surface area contributed by atoms with E-state index < -0.39 is 5.54 Å². The topological polar surface area (TPSA) is 85.1 Å². The van der Waals surface area contributed by atoms with Crippen LogP contribution in [-0.2, 0) is 13.0 Å². The summed E-state index contributed by atoms with van der Waals surface area (Å²) in [5.74, 6) is -0.237. The first-order valence-corrected chi connectivity index (χ1v) is 9.75. The molecule has 30 heavy (non-hydrogen) atoms. The molecule has 1 amide bonds. The monoisotopic (exact) mass is 412 g/mol. The molecule has 0 bridgehead atoms. The second kappa shape index (κ2) is 8.61. The van der Waals surface area contributed by atoms with Crippen molar-refractivity contribution in [1.29, 1.82) is 0 Å². The summed E-state index contributed by atoms with van der Waals surface area (Å²) >= 11 is 0. The number of aryl methyl sites for hydroxylation is 2. The molecule has 8 heteroatoms. The molecule has 0 atom stereocenters. The van der Waals surface area contributed by atoms with Crippen LogP contribution in [0.3, 0.4) is 0 Å². The van der Waals surface area contributed by atoms with E-state index in [-0.39, 0.29) is 24.9 Å². The highest BCUT2D eigenvalue weighted by Crippen LogP contribution is 2.25. The van der Waals surface area contributed by atoms with Crippen molar-refractivity contribution in [2.45, 2.75) is 46.3 Å². The van der Waals surface area contributed by atoms with Gasteiger partial charge in [0.15, 0.2) is 11.4 Å². The zero-order chi connectivity index (χ0) is 21.9. The number of nitrogens with zero attached hydrogens (tertiary/aromatic N) is 3.